The summed E-state index contributed by atoms with van der Waals surface area (Å²) in [5.74, 6) is -0.446. The molecule has 2 atom stereocenters. The van der Waals surface area contributed by atoms with Crippen LogP contribution in [0.1, 0.15) is 40.9 Å². The van der Waals surface area contributed by atoms with Gasteiger partial charge in [-0.15, -0.1) is 0 Å². The highest BCUT2D eigenvalue weighted by Gasteiger charge is 2.20. The summed E-state index contributed by atoms with van der Waals surface area (Å²) in [5, 5.41) is 9.36. The number of carbonyl (C=O) groups excluding carboxylic acids is 2. The van der Waals surface area contributed by atoms with Gasteiger partial charge in [-0.2, -0.15) is 0 Å². The van der Waals surface area contributed by atoms with Crippen LogP contribution in [-0.4, -0.2) is 46.9 Å². The van der Waals surface area contributed by atoms with E-state index in [2.05, 4.69) is 39.7 Å². The molecule has 3 N–H and O–H groups in total. The summed E-state index contributed by atoms with van der Waals surface area (Å²) in [5.41, 5.74) is 4.78. The number of pyridine rings is 1. The number of piperazine rings is 1. The van der Waals surface area contributed by atoms with Gasteiger partial charge < -0.3 is 16.0 Å². The van der Waals surface area contributed by atoms with Gasteiger partial charge in [-0.1, -0.05) is 24.3 Å². The van der Waals surface area contributed by atoms with Crippen LogP contribution in [0.5, 0.6) is 0 Å². The predicted molar refractivity (Wildman–Crippen MR) is 145 cm³/mol. The third kappa shape index (κ3) is 7.10. The maximum absolute atomic E-state index is 12.8. The minimum absolute atomic E-state index is 0.191. The van der Waals surface area contributed by atoms with Crippen LogP contribution in [0.4, 0.5) is 11.4 Å². The number of hydrogen-bond acceptors (Lipinski definition) is 5. The summed E-state index contributed by atoms with van der Waals surface area (Å²) >= 11 is 0. The third-order valence-electron chi connectivity index (χ3n) is 6.12. The minimum Gasteiger partial charge on any atom is -0.322 e. The van der Waals surface area contributed by atoms with E-state index in [1.807, 2.05) is 55.5 Å². The van der Waals surface area contributed by atoms with Crippen LogP contribution >= 0.6 is 0 Å². The molecular weight excluding hydrogens is 450 g/mol. The molecule has 0 saturated carbocycles. The van der Waals surface area contributed by atoms with Crippen molar-refractivity contribution in [1.82, 2.24) is 15.2 Å². The molecule has 2 heterocycles. The fourth-order valence-corrected chi connectivity index (χ4v) is 4.45. The zero-order valence-corrected chi connectivity index (χ0v) is 21.0. The Kier molecular flexibility index (Phi) is 8.25. The van der Waals surface area contributed by atoms with Crippen molar-refractivity contribution in [3.05, 3.63) is 95.3 Å². The lowest BCUT2D eigenvalue weighted by atomic mass is 10.1. The van der Waals surface area contributed by atoms with Crippen molar-refractivity contribution in [2.24, 2.45) is 0 Å². The molecule has 7 nitrogen and oxygen atoms in total. The first kappa shape index (κ1) is 25.3. The van der Waals surface area contributed by atoms with Crippen LogP contribution in [-0.2, 0) is 11.3 Å². The van der Waals surface area contributed by atoms with Gasteiger partial charge in [0.2, 0.25) is 5.91 Å². The van der Waals surface area contributed by atoms with E-state index < -0.39 is 0 Å². The molecule has 1 aliphatic rings. The molecule has 1 fully saturated rings. The predicted octanol–water partition coefficient (Wildman–Crippen LogP) is 4.48. The van der Waals surface area contributed by atoms with Gasteiger partial charge in [0.15, 0.2) is 0 Å². The molecule has 7 heteroatoms. The van der Waals surface area contributed by atoms with Crippen molar-refractivity contribution in [1.29, 1.82) is 0 Å². The number of nitrogens with one attached hydrogen (secondary N) is 3. The molecule has 0 radical (unpaired) electrons. The van der Waals surface area contributed by atoms with Crippen molar-refractivity contribution in [3.8, 4) is 0 Å². The van der Waals surface area contributed by atoms with Crippen molar-refractivity contribution in [2.45, 2.75) is 39.4 Å². The number of amides is 2. The van der Waals surface area contributed by atoms with Gasteiger partial charge in [0.25, 0.3) is 5.91 Å². The summed E-state index contributed by atoms with van der Waals surface area (Å²) in [4.78, 5) is 31.7. The molecule has 2 amide bonds. The number of anilines is 2. The Balaban J connectivity index is 1.35. The van der Waals surface area contributed by atoms with Gasteiger partial charge in [-0.05, 0) is 73.9 Å². The van der Waals surface area contributed by atoms with Gasteiger partial charge in [0, 0.05) is 67.1 Å². The minimum atomic E-state index is -0.255. The van der Waals surface area contributed by atoms with E-state index >= 15 is 0 Å². The second-order valence-electron chi connectivity index (χ2n) is 9.45. The van der Waals surface area contributed by atoms with E-state index in [-0.39, 0.29) is 11.8 Å². The molecule has 1 aromatic heterocycles. The maximum atomic E-state index is 12.8. The second-order valence-corrected chi connectivity index (χ2v) is 9.45. The fourth-order valence-electron chi connectivity index (χ4n) is 4.45. The van der Waals surface area contributed by atoms with E-state index in [0.717, 1.165) is 30.8 Å². The van der Waals surface area contributed by atoms with Crippen LogP contribution in [0.25, 0.3) is 6.08 Å². The fraction of sp³-hybridized carbons (Fsp3) is 0.276. The third-order valence-corrected chi connectivity index (χ3v) is 6.12. The van der Waals surface area contributed by atoms with Crippen LogP contribution < -0.4 is 16.0 Å². The zero-order chi connectivity index (χ0) is 25.5. The summed E-state index contributed by atoms with van der Waals surface area (Å²) in [7, 11) is 0. The van der Waals surface area contributed by atoms with Gasteiger partial charge >= 0.3 is 0 Å². The molecule has 0 unspecified atom stereocenters. The number of carbonyl (C=O) groups is 2. The van der Waals surface area contributed by atoms with Gasteiger partial charge in [0.1, 0.15) is 0 Å². The van der Waals surface area contributed by atoms with E-state index in [9.17, 15) is 9.59 Å². The molecule has 0 spiro atoms. The van der Waals surface area contributed by atoms with E-state index in [4.69, 9.17) is 0 Å². The lowest BCUT2D eigenvalue weighted by molar-refractivity contribution is -0.111. The van der Waals surface area contributed by atoms with Crippen molar-refractivity contribution >= 4 is 29.3 Å². The SMILES string of the molecule is Cc1ccc(NC(=O)c2ccc(CN3C[C@@H](C)N[C@@H](C)C3)cc2)cc1NC(=O)C=Cc1cccnc1. The number of rotatable bonds is 7. The Labute approximate surface area is 212 Å². The van der Waals surface area contributed by atoms with Crippen LogP contribution in [0.15, 0.2) is 73.1 Å². The lowest BCUT2D eigenvalue weighted by Crippen LogP contribution is -2.53. The number of hydrogen-bond donors (Lipinski definition) is 3. The van der Waals surface area contributed by atoms with Gasteiger partial charge in [0.05, 0.1) is 0 Å². The first-order valence-corrected chi connectivity index (χ1v) is 12.2. The Hall–Kier alpha value is -3.81. The van der Waals surface area contributed by atoms with Crippen molar-refractivity contribution in [2.75, 3.05) is 23.7 Å². The first-order valence-electron chi connectivity index (χ1n) is 12.2. The van der Waals surface area contributed by atoms with Gasteiger partial charge in [-0.25, -0.2) is 0 Å². The summed E-state index contributed by atoms with van der Waals surface area (Å²) in [6.07, 6.45) is 6.54. The lowest BCUT2D eigenvalue weighted by Gasteiger charge is -2.36. The average Bonchev–Trinajstić information content (AvgIpc) is 2.85. The Morgan fingerprint density at radius 1 is 1.06 bits per heavy atom. The van der Waals surface area contributed by atoms with Crippen LogP contribution in [0.3, 0.4) is 0 Å². The Bertz CT molecular complexity index is 1210. The molecule has 2 aromatic carbocycles. The highest BCUT2D eigenvalue weighted by atomic mass is 16.2. The van der Waals surface area contributed by atoms with E-state index in [1.165, 1.54) is 11.6 Å². The van der Waals surface area contributed by atoms with E-state index in [1.54, 1.807) is 24.5 Å². The molecule has 1 aliphatic heterocycles. The van der Waals surface area contributed by atoms with Crippen molar-refractivity contribution in [3.63, 3.8) is 0 Å². The smallest absolute Gasteiger partial charge is 0.255 e. The quantitative estimate of drug-likeness (QED) is 0.432. The summed E-state index contributed by atoms with van der Waals surface area (Å²) in [6.45, 7) is 9.21. The standard InChI is InChI=1S/C29H33N5O2/c1-20-6-12-26(15-27(20)33-28(35)13-9-23-5-4-14-30-16-23)32-29(36)25-10-7-24(8-11-25)19-34-17-21(2)31-22(3)18-34/h4-16,21-22,31H,17-19H2,1-3H3,(H,32,36)(H,33,35)/t21-,22+. The highest BCUT2D eigenvalue weighted by Crippen LogP contribution is 2.21. The van der Waals surface area contributed by atoms with Crippen molar-refractivity contribution < 1.29 is 9.59 Å². The summed E-state index contributed by atoms with van der Waals surface area (Å²) in [6, 6.07) is 17.9. The number of aromatic nitrogens is 1. The van der Waals surface area contributed by atoms with Crippen LogP contribution in [0.2, 0.25) is 0 Å². The number of nitrogens with zero attached hydrogens (tertiary/aromatic N) is 2. The maximum Gasteiger partial charge on any atom is 0.255 e. The molecule has 3 aromatic rings. The monoisotopic (exact) mass is 483 g/mol. The second kappa shape index (κ2) is 11.7. The molecule has 4 rings (SSSR count). The molecule has 0 bridgehead atoms. The van der Waals surface area contributed by atoms with E-state index in [0.29, 0.717) is 29.0 Å². The number of benzene rings is 2. The molecule has 1 saturated heterocycles. The molecule has 36 heavy (non-hydrogen) atoms. The number of aryl methyl sites for hydroxylation is 1. The highest BCUT2D eigenvalue weighted by molar-refractivity contribution is 6.05. The van der Waals surface area contributed by atoms with Crippen LogP contribution in [0, 0.1) is 6.92 Å². The summed E-state index contributed by atoms with van der Waals surface area (Å²) < 4.78 is 0. The zero-order valence-electron chi connectivity index (χ0n) is 21.0. The average molecular weight is 484 g/mol. The Morgan fingerprint density at radius 3 is 2.50 bits per heavy atom. The van der Waals surface area contributed by atoms with Gasteiger partial charge in [-0.3, -0.25) is 19.5 Å². The molecule has 0 aliphatic carbocycles. The normalized spacial score (nSPS) is 18.2. The topological polar surface area (TPSA) is 86.4 Å². The largest absolute Gasteiger partial charge is 0.322 e. The molecule has 186 valence electrons. The first-order chi connectivity index (χ1) is 17.4. The Morgan fingerprint density at radius 2 is 1.81 bits per heavy atom. The molecular formula is C29H33N5O2.